The Labute approximate surface area is 84.5 Å². The smallest absolute Gasteiger partial charge is 0.238 e. The zero-order valence-corrected chi connectivity index (χ0v) is 8.90. The summed E-state index contributed by atoms with van der Waals surface area (Å²) < 4.78 is 5.64. The first-order valence-electron chi connectivity index (χ1n) is 4.82. The summed E-state index contributed by atoms with van der Waals surface area (Å²) in [5.41, 5.74) is 6.45. The van der Waals surface area contributed by atoms with Crippen LogP contribution in [0.3, 0.4) is 0 Å². The highest BCUT2D eigenvalue weighted by atomic mass is 16.5. The second kappa shape index (κ2) is 4.91. The predicted octanol–water partition coefficient (Wildman–Crippen LogP) is 1.36. The Hall–Kier alpha value is -1.16. The highest BCUT2D eigenvalue weighted by molar-refractivity contribution is 5.22. The molecule has 0 bridgehead atoms. The van der Waals surface area contributed by atoms with Gasteiger partial charge in [0.15, 0.2) is 0 Å². The molecule has 1 aromatic heterocycles. The van der Waals surface area contributed by atoms with E-state index in [1.165, 1.54) is 0 Å². The molecule has 4 heteroatoms. The summed E-state index contributed by atoms with van der Waals surface area (Å²) in [7, 11) is 0. The van der Waals surface area contributed by atoms with Gasteiger partial charge in [-0.25, -0.2) is 0 Å². The summed E-state index contributed by atoms with van der Waals surface area (Å²) >= 11 is 0. The summed E-state index contributed by atoms with van der Waals surface area (Å²) in [5.74, 6) is 0.999. The summed E-state index contributed by atoms with van der Waals surface area (Å²) in [5, 5.41) is 7.69. The normalized spacial score (nSPS) is 12.9. The largest absolute Gasteiger partial charge is 0.473 e. The van der Waals surface area contributed by atoms with Crippen molar-refractivity contribution >= 4 is 0 Å². The van der Waals surface area contributed by atoms with Gasteiger partial charge in [-0.3, -0.25) is 0 Å². The molecule has 1 heterocycles. The second-order valence-corrected chi connectivity index (χ2v) is 3.63. The van der Waals surface area contributed by atoms with Gasteiger partial charge in [0.05, 0.1) is 12.3 Å². The SMILES string of the molecule is CC(C)C(C)Oc1nnccc1CN. The van der Waals surface area contributed by atoms with E-state index < -0.39 is 0 Å². The molecule has 1 rings (SSSR count). The Kier molecular flexibility index (Phi) is 3.83. The van der Waals surface area contributed by atoms with Crippen molar-refractivity contribution in [3.63, 3.8) is 0 Å². The molecule has 14 heavy (non-hydrogen) atoms. The number of ether oxygens (including phenoxy) is 1. The minimum absolute atomic E-state index is 0.122. The lowest BCUT2D eigenvalue weighted by molar-refractivity contribution is 0.160. The molecule has 0 saturated heterocycles. The van der Waals surface area contributed by atoms with Crippen molar-refractivity contribution in [1.82, 2.24) is 10.2 Å². The molecule has 0 spiro atoms. The Morgan fingerprint density at radius 2 is 2.14 bits per heavy atom. The molecule has 0 aliphatic carbocycles. The van der Waals surface area contributed by atoms with Crippen LogP contribution >= 0.6 is 0 Å². The van der Waals surface area contributed by atoms with Gasteiger partial charge in [-0.15, -0.1) is 5.10 Å². The third-order valence-electron chi connectivity index (χ3n) is 2.22. The minimum Gasteiger partial charge on any atom is -0.473 e. The molecule has 1 aromatic rings. The average molecular weight is 195 g/mol. The van der Waals surface area contributed by atoms with E-state index in [4.69, 9.17) is 10.5 Å². The molecular formula is C10H17N3O. The maximum atomic E-state index is 5.64. The molecule has 0 saturated carbocycles. The summed E-state index contributed by atoms with van der Waals surface area (Å²) in [4.78, 5) is 0. The van der Waals surface area contributed by atoms with Crippen LogP contribution in [-0.4, -0.2) is 16.3 Å². The topological polar surface area (TPSA) is 61.0 Å². The van der Waals surface area contributed by atoms with Crippen LogP contribution in [0.2, 0.25) is 0 Å². The summed E-state index contributed by atoms with van der Waals surface area (Å²) in [6.45, 7) is 6.64. The summed E-state index contributed by atoms with van der Waals surface area (Å²) in [6, 6.07) is 1.83. The van der Waals surface area contributed by atoms with Crippen LogP contribution in [0.5, 0.6) is 5.88 Å². The van der Waals surface area contributed by atoms with Gasteiger partial charge < -0.3 is 10.5 Å². The van der Waals surface area contributed by atoms with Crippen LogP contribution in [0.15, 0.2) is 12.3 Å². The molecule has 0 aromatic carbocycles. The average Bonchev–Trinajstić information content (AvgIpc) is 2.18. The molecule has 0 amide bonds. The lowest BCUT2D eigenvalue weighted by Gasteiger charge is -2.18. The molecule has 2 N–H and O–H groups in total. The van der Waals surface area contributed by atoms with Gasteiger partial charge in [0.2, 0.25) is 5.88 Å². The molecule has 0 radical (unpaired) electrons. The summed E-state index contributed by atoms with van der Waals surface area (Å²) in [6.07, 6.45) is 1.74. The first kappa shape index (κ1) is 10.9. The molecule has 1 unspecified atom stereocenters. The van der Waals surface area contributed by atoms with Gasteiger partial charge in [-0.1, -0.05) is 13.8 Å². The third-order valence-corrected chi connectivity index (χ3v) is 2.22. The number of hydrogen-bond donors (Lipinski definition) is 1. The monoisotopic (exact) mass is 195 g/mol. The van der Waals surface area contributed by atoms with Crippen LogP contribution in [-0.2, 0) is 6.54 Å². The van der Waals surface area contributed by atoms with Crippen molar-refractivity contribution in [1.29, 1.82) is 0 Å². The maximum absolute atomic E-state index is 5.64. The van der Waals surface area contributed by atoms with E-state index in [1.54, 1.807) is 6.20 Å². The lowest BCUT2D eigenvalue weighted by atomic mass is 10.1. The standard InChI is InChI=1S/C10H17N3O/c1-7(2)8(3)14-10-9(6-11)4-5-12-13-10/h4-5,7-8H,6,11H2,1-3H3. The maximum Gasteiger partial charge on any atom is 0.238 e. The fourth-order valence-electron chi connectivity index (χ4n) is 0.911. The zero-order chi connectivity index (χ0) is 10.6. The van der Waals surface area contributed by atoms with Crippen LogP contribution in [0, 0.1) is 5.92 Å². The van der Waals surface area contributed by atoms with Gasteiger partial charge in [0.25, 0.3) is 0 Å². The van der Waals surface area contributed by atoms with Crippen LogP contribution in [0.25, 0.3) is 0 Å². The predicted molar refractivity (Wildman–Crippen MR) is 54.9 cm³/mol. The highest BCUT2D eigenvalue weighted by Gasteiger charge is 2.12. The van der Waals surface area contributed by atoms with Crippen molar-refractivity contribution in [2.24, 2.45) is 11.7 Å². The molecule has 0 aliphatic rings. The van der Waals surface area contributed by atoms with Gasteiger partial charge in [-0.2, -0.15) is 5.10 Å². The first-order chi connectivity index (χ1) is 6.65. The minimum atomic E-state index is 0.122. The Morgan fingerprint density at radius 3 is 2.71 bits per heavy atom. The van der Waals surface area contributed by atoms with E-state index in [1.807, 2.05) is 13.0 Å². The number of nitrogens with zero attached hydrogens (tertiary/aromatic N) is 2. The fraction of sp³-hybridized carbons (Fsp3) is 0.600. The van der Waals surface area contributed by atoms with Gasteiger partial charge >= 0.3 is 0 Å². The highest BCUT2D eigenvalue weighted by Crippen LogP contribution is 2.16. The van der Waals surface area contributed by atoms with E-state index in [0.717, 1.165) is 5.56 Å². The van der Waals surface area contributed by atoms with Crippen LogP contribution in [0.4, 0.5) is 0 Å². The Balaban J connectivity index is 2.75. The van der Waals surface area contributed by atoms with Crippen molar-refractivity contribution in [3.05, 3.63) is 17.8 Å². The number of nitrogens with two attached hydrogens (primary N) is 1. The van der Waals surface area contributed by atoms with E-state index in [0.29, 0.717) is 18.3 Å². The molecular weight excluding hydrogens is 178 g/mol. The number of rotatable bonds is 4. The second-order valence-electron chi connectivity index (χ2n) is 3.63. The third kappa shape index (κ3) is 2.67. The molecule has 78 valence electrons. The Bertz CT molecular complexity index is 288. The zero-order valence-electron chi connectivity index (χ0n) is 8.90. The lowest BCUT2D eigenvalue weighted by Crippen LogP contribution is -2.20. The Morgan fingerprint density at radius 1 is 1.43 bits per heavy atom. The molecule has 1 atom stereocenters. The van der Waals surface area contributed by atoms with Gasteiger partial charge in [0.1, 0.15) is 0 Å². The number of aromatic nitrogens is 2. The van der Waals surface area contributed by atoms with E-state index >= 15 is 0 Å². The van der Waals surface area contributed by atoms with Crippen LogP contribution < -0.4 is 10.5 Å². The van der Waals surface area contributed by atoms with Crippen molar-refractivity contribution in [2.75, 3.05) is 0 Å². The van der Waals surface area contributed by atoms with Crippen LogP contribution in [0.1, 0.15) is 26.3 Å². The number of hydrogen-bond acceptors (Lipinski definition) is 4. The van der Waals surface area contributed by atoms with E-state index in [-0.39, 0.29) is 6.10 Å². The van der Waals surface area contributed by atoms with Gasteiger partial charge in [0, 0.05) is 12.1 Å². The van der Waals surface area contributed by atoms with Crippen molar-refractivity contribution < 1.29 is 4.74 Å². The van der Waals surface area contributed by atoms with Crippen molar-refractivity contribution in [3.8, 4) is 5.88 Å². The van der Waals surface area contributed by atoms with E-state index in [9.17, 15) is 0 Å². The molecule has 0 aliphatic heterocycles. The quantitative estimate of drug-likeness (QED) is 0.788. The molecule has 4 nitrogen and oxygen atoms in total. The van der Waals surface area contributed by atoms with Gasteiger partial charge in [-0.05, 0) is 18.9 Å². The molecule has 0 fully saturated rings. The van der Waals surface area contributed by atoms with Crippen molar-refractivity contribution in [2.45, 2.75) is 33.4 Å². The van der Waals surface area contributed by atoms with E-state index in [2.05, 4.69) is 24.0 Å². The fourth-order valence-corrected chi connectivity index (χ4v) is 0.911. The first-order valence-corrected chi connectivity index (χ1v) is 4.82.